The third-order valence-electron chi connectivity index (χ3n) is 3.80. The molecule has 0 spiro atoms. The van der Waals surface area contributed by atoms with E-state index >= 15 is 0 Å². The summed E-state index contributed by atoms with van der Waals surface area (Å²) in [4.78, 5) is 23.9. The van der Waals surface area contributed by atoms with Crippen LogP contribution in [-0.2, 0) is 0 Å². The molecule has 7 nitrogen and oxygen atoms in total. The molecule has 0 fully saturated rings. The minimum Gasteiger partial charge on any atom is -0.478 e. The Kier molecular flexibility index (Phi) is 6.00. The number of aromatic carboxylic acids is 1. The van der Waals surface area contributed by atoms with E-state index in [2.05, 4.69) is 25.6 Å². The first-order chi connectivity index (χ1) is 13.5. The van der Waals surface area contributed by atoms with E-state index < -0.39 is 11.8 Å². The third-order valence-corrected chi connectivity index (χ3v) is 4.09. The van der Waals surface area contributed by atoms with Gasteiger partial charge in [0.1, 0.15) is 11.6 Å². The predicted molar refractivity (Wildman–Crippen MR) is 106 cm³/mol. The number of benzene rings is 1. The van der Waals surface area contributed by atoms with E-state index in [0.29, 0.717) is 29.2 Å². The van der Waals surface area contributed by atoms with E-state index in [1.165, 1.54) is 30.5 Å². The van der Waals surface area contributed by atoms with Gasteiger partial charge in [-0.2, -0.15) is 4.98 Å². The van der Waals surface area contributed by atoms with E-state index in [9.17, 15) is 14.3 Å². The number of rotatable bonds is 7. The van der Waals surface area contributed by atoms with Crippen LogP contribution in [0, 0.1) is 5.82 Å². The number of anilines is 3. The minimum atomic E-state index is -1.06. The molecule has 28 heavy (non-hydrogen) atoms. The van der Waals surface area contributed by atoms with Gasteiger partial charge in [0.25, 0.3) is 0 Å². The Morgan fingerprint density at radius 2 is 2.07 bits per heavy atom. The molecule has 0 aliphatic rings. The Hall–Kier alpha value is -3.26. The smallest absolute Gasteiger partial charge is 0.337 e. The van der Waals surface area contributed by atoms with Gasteiger partial charge in [0, 0.05) is 41.9 Å². The highest BCUT2D eigenvalue weighted by molar-refractivity contribution is 6.31. The van der Waals surface area contributed by atoms with E-state index in [1.54, 1.807) is 12.4 Å². The molecular formula is C19H17ClFN5O2. The zero-order chi connectivity index (χ0) is 20.1. The second-order valence-electron chi connectivity index (χ2n) is 5.90. The van der Waals surface area contributed by atoms with Crippen molar-refractivity contribution in [2.45, 2.75) is 13.3 Å². The Morgan fingerprint density at radius 1 is 1.25 bits per heavy atom. The molecule has 2 heterocycles. The lowest BCUT2D eigenvalue weighted by Crippen LogP contribution is -2.07. The molecular weight excluding hydrogens is 385 g/mol. The van der Waals surface area contributed by atoms with Crippen molar-refractivity contribution in [1.82, 2.24) is 15.0 Å². The van der Waals surface area contributed by atoms with Gasteiger partial charge in [-0.1, -0.05) is 18.5 Å². The highest BCUT2D eigenvalue weighted by Gasteiger charge is 2.13. The first-order valence-electron chi connectivity index (χ1n) is 8.49. The van der Waals surface area contributed by atoms with Crippen molar-refractivity contribution in [2.24, 2.45) is 0 Å². The summed E-state index contributed by atoms with van der Waals surface area (Å²) in [7, 11) is 0. The van der Waals surface area contributed by atoms with Crippen molar-refractivity contribution in [1.29, 1.82) is 0 Å². The molecule has 0 aliphatic carbocycles. The van der Waals surface area contributed by atoms with Crippen LogP contribution in [0.15, 0.2) is 42.9 Å². The van der Waals surface area contributed by atoms with Crippen molar-refractivity contribution in [2.75, 3.05) is 17.2 Å². The van der Waals surface area contributed by atoms with Crippen molar-refractivity contribution in [3.05, 3.63) is 59.3 Å². The predicted octanol–water partition coefficient (Wildman–Crippen LogP) is 4.59. The van der Waals surface area contributed by atoms with Crippen LogP contribution in [0.4, 0.5) is 21.8 Å². The molecule has 0 atom stereocenters. The average molecular weight is 402 g/mol. The Morgan fingerprint density at radius 3 is 2.79 bits per heavy atom. The van der Waals surface area contributed by atoms with Gasteiger partial charge in [-0.25, -0.2) is 14.2 Å². The van der Waals surface area contributed by atoms with E-state index in [1.807, 2.05) is 6.92 Å². The van der Waals surface area contributed by atoms with Crippen molar-refractivity contribution in [3.8, 4) is 11.1 Å². The molecule has 0 unspecified atom stereocenters. The Labute approximate surface area is 165 Å². The molecule has 3 rings (SSSR count). The van der Waals surface area contributed by atoms with Crippen LogP contribution >= 0.6 is 11.6 Å². The summed E-state index contributed by atoms with van der Waals surface area (Å²) in [5.74, 6) is -0.770. The van der Waals surface area contributed by atoms with Gasteiger partial charge in [0.05, 0.1) is 10.6 Å². The number of nitrogens with zero attached hydrogens (tertiary/aromatic N) is 3. The van der Waals surface area contributed by atoms with Crippen LogP contribution in [-0.4, -0.2) is 32.6 Å². The number of nitrogens with one attached hydrogen (secondary N) is 2. The summed E-state index contributed by atoms with van der Waals surface area (Å²) in [5, 5.41) is 15.3. The average Bonchev–Trinajstić information content (AvgIpc) is 2.69. The van der Waals surface area contributed by atoms with Gasteiger partial charge in [0.2, 0.25) is 5.95 Å². The summed E-state index contributed by atoms with van der Waals surface area (Å²) in [6.07, 6.45) is 5.27. The Bertz CT molecular complexity index is 1020. The zero-order valence-electron chi connectivity index (χ0n) is 14.9. The first-order valence-corrected chi connectivity index (χ1v) is 8.87. The van der Waals surface area contributed by atoms with Crippen LogP contribution in [0.25, 0.3) is 11.1 Å². The summed E-state index contributed by atoms with van der Waals surface area (Å²) in [6, 6.07) is 5.72. The van der Waals surface area contributed by atoms with Crippen LogP contribution < -0.4 is 10.6 Å². The molecule has 0 saturated carbocycles. The SMILES string of the molecule is CCCNc1nc(Nc2ccc(F)c(Cl)c2)ncc1-c1cncc(C(=O)O)c1. The monoisotopic (exact) mass is 401 g/mol. The number of aromatic nitrogens is 3. The lowest BCUT2D eigenvalue weighted by molar-refractivity contribution is 0.0696. The van der Waals surface area contributed by atoms with Gasteiger partial charge in [0.15, 0.2) is 0 Å². The number of carboxylic acids is 1. The molecule has 144 valence electrons. The summed E-state index contributed by atoms with van der Waals surface area (Å²) >= 11 is 5.80. The molecule has 9 heteroatoms. The van der Waals surface area contributed by atoms with Crippen LogP contribution in [0.3, 0.4) is 0 Å². The Balaban J connectivity index is 1.96. The quantitative estimate of drug-likeness (QED) is 0.532. The summed E-state index contributed by atoms with van der Waals surface area (Å²) in [5.41, 5.74) is 1.80. The standard InChI is InChI=1S/C19H17ClFN5O2/c1-2-5-23-17-14(11-6-12(18(27)28)9-22-8-11)10-24-19(26-17)25-13-3-4-16(21)15(20)7-13/h3-4,6-10H,2,5H2,1H3,(H,27,28)(H2,23,24,25,26). The van der Waals surface area contributed by atoms with Crippen LogP contribution in [0.1, 0.15) is 23.7 Å². The number of halogens is 2. The van der Waals surface area contributed by atoms with Crippen molar-refractivity contribution >= 4 is 35.0 Å². The fraction of sp³-hybridized carbons (Fsp3) is 0.158. The van der Waals surface area contributed by atoms with Crippen LogP contribution in [0.5, 0.6) is 0 Å². The molecule has 3 aromatic rings. The van der Waals surface area contributed by atoms with Gasteiger partial charge in [-0.05, 0) is 30.7 Å². The summed E-state index contributed by atoms with van der Waals surface area (Å²) < 4.78 is 13.3. The maximum absolute atomic E-state index is 13.3. The molecule has 0 bridgehead atoms. The van der Waals surface area contributed by atoms with E-state index in [4.69, 9.17) is 11.6 Å². The number of hydrogen-bond donors (Lipinski definition) is 3. The highest BCUT2D eigenvalue weighted by Crippen LogP contribution is 2.28. The van der Waals surface area contributed by atoms with Gasteiger partial charge in [-0.15, -0.1) is 0 Å². The summed E-state index contributed by atoms with van der Waals surface area (Å²) in [6.45, 7) is 2.68. The zero-order valence-corrected chi connectivity index (χ0v) is 15.7. The second kappa shape index (κ2) is 8.62. The molecule has 1 aromatic carbocycles. The number of carbonyl (C=O) groups is 1. The largest absolute Gasteiger partial charge is 0.478 e. The number of carboxylic acid groups (broad SMARTS) is 1. The first kappa shape index (κ1) is 19.5. The fourth-order valence-electron chi connectivity index (χ4n) is 2.44. The molecule has 0 aliphatic heterocycles. The number of hydrogen-bond acceptors (Lipinski definition) is 6. The molecule has 0 radical (unpaired) electrons. The maximum Gasteiger partial charge on any atom is 0.337 e. The normalized spacial score (nSPS) is 10.5. The molecule has 0 amide bonds. The van der Waals surface area contributed by atoms with Crippen molar-refractivity contribution in [3.63, 3.8) is 0 Å². The fourth-order valence-corrected chi connectivity index (χ4v) is 2.62. The van der Waals surface area contributed by atoms with Crippen molar-refractivity contribution < 1.29 is 14.3 Å². The van der Waals surface area contributed by atoms with Gasteiger partial charge in [-0.3, -0.25) is 4.98 Å². The topological polar surface area (TPSA) is 100 Å². The molecule has 0 saturated heterocycles. The second-order valence-corrected chi connectivity index (χ2v) is 6.31. The third kappa shape index (κ3) is 4.52. The van der Waals surface area contributed by atoms with E-state index in [0.717, 1.165) is 6.42 Å². The van der Waals surface area contributed by atoms with Gasteiger partial charge < -0.3 is 15.7 Å². The van der Waals surface area contributed by atoms with Gasteiger partial charge >= 0.3 is 5.97 Å². The van der Waals surface area contributed by atoms with Crippen LogP contribution in [0.2, 0.25) is 5.02 Å². The highest BCUT2D eigenvalue weighted by atomic mass is 35.5. The lowest BCUT2D eigenvalue weighted by Gasteiger charge is -2.13. The maximum atomic E-state index is 13.3. The minimum absolute atomic E-state index is 0.0116. The molecule has 3 N–H and O–H groups in total. The van der Waals surface area contributed by atoms with E-state index in [-0.39, 0.29) is 16.5 Å². The number of pyridine rings is 1. The lowest BCUT2D eigenvalue weighted by atomic mass is 10.1. The molecule has 2 aromatic heterocycles.